The van der Waals surface area contributed by atoms with Gasteiger partial charge in [-0.15, -0.1) is 6.58 Å². The van der Waals surface area contributed by atoms with Crippen LogP contribution in [0.25, 0.3) is 0 Å². The molecule has 26 heavy (non-hydrogen) atoms. The number of hydrogen-bond acceptors (Lipinski definition) is 5. The third kappa shape index (κ3) is 4.49. The fourth-order valence-electron chi connectivity index (χ4n) is 2.68. The number of carbonyl (C=O) groups excluding carboxylic acids is 1. The SMILES string of the molecule is C=CCCOc1cccc(NC(=O)c2cnc3c(c2)CCS(=O)(=O)C3)c1. The summed E-state index contributed by atoms with van der Waals surface area (Å²) in [7, 11) is -3.08. The zero-order valence-electron chi connectivity index (χ0n) is 14.3. The van der Waals surface area contributed by atoms with Crippen LogP contribution in [0.5, 0.6) is 5.75 Å². The Kier molecular flexibility index (Phi) is 5.37. The largest absolute Gasteiger partial charge is 0.493 e. The summed E-state index contributed by atoms with van der Waals surface area (Å²) in [5.41, 5.74) is 2.37. The van der Waals surface area contributed by atoms with Crippen molar-refractivity contribution in [2.24, 2.45) is 0 Å². The first-order valence-corrected chi connectivity index (χ1v) is 10.1. The van der Waals surface area contributed by atoms with Crippen LogP contribution in [0.4, 0.5) is 5.69 Å². The van der Waals surface area contributed by atoms with Crippen molar-refractivity contribution < 1.29 is 17.9 Å². The number of nitrogens with zero attached hydrogens (tertiary/aromatic N) is 1. The quantitative estimate of drug-likeness (QED) is 0.622. The normalized spacial score (nSPS) is 14.9. The van der Waals surface area contributed by atoms with E-state index in [0.29, 0.717) is 35.7 Å². The first-order valence-electron chi connectivity index (χ1n) is 8.30. The number of anilines is 1. The summed E-state index contributed by atoms with van der Waals surface area (Å²) in [6.07, 6.45) is 4.32. The molecule has 2 heterocycles. The lowest BCUT2D eigenvalue weighted by Crippen LogP contribution is -2.21. The highest BCUT2D eigenvalue weighted by molar-refractivity contribution is 7.90. The molecule has 0 unspecified atom stereocenters. The highest BCUT2D eigenvalue weighted by Gasteiger charge is 2.23. The van der Waals surface area contributed by atoms with Crippen LogP contribution in [0.3, 0.4) is 0 Å². The topological polar surface area (TPSA) is 85.4 Å². The van der Waals surface area contributed by atoms with Gasteiger partial charge in [-0.1, -0.05) is 12.1 Å². The summed E-state index contributed by atoms with van der Waals surface area (Å²) >= 11 is 0. The minimum atomic E-state index is -3.08. The number of nitrogens with one attached hydrogen (secondary N) is 1. The van der Waals surface area contributed by atoms with Gasteiger partial charge in [0.05, 0.1) is 29.4 Å². The molecule has 6 nitrogen and oxygen atoms in total. The van der Waals surface area contributed by atoms with Crippen molar-refractivity contribution in [1.29, 1.82) is 0 Å². The summed E-state index contributed by atoms with van der Waals surface area (Å²) < 4.78 is 28.9. The maximum absolute atomic E-state index is 12.5. The maximum atomic E-state index is 12.5. The zero-order valence-corrected chi connectivity index (χ0v) is 15.1. The van der Waals surface area contributed by atoms with Crippen LogP contribution in [0, 0.1) is 0 Å². The van der Waals surface area contributed by atoms with Crippen LogP contribution >= 0.6 is 0 Å². The predicted octanol–water partition coefficient (Wildman–Crippen LogP) is 2.76. The van der Waals surface area contributed by atoms with E-state index in [4.69, 9.17) is 4.74 Å². The Morgan fingerprint density at radius 1 is 1.35 bits per heavy atom. The molecule has 0 radical (unpaired) electrons. The van der Waals surface area contributed by atoms with Crippen molar-refractivity contribution in [3.8, 4) is 5.75 Å². The van der Waals surface area contributed by atoms with E-state index in [1.165, 1.54) is 6.20 Å². The Morgan fingerprint density at radius 3 is 3.00 bits per heavy atom. The van der Waals surface area contributed by atoms with E-state index in [9.17, 15) is 13.2 Å². The second-order valence-electron chi connectivity index (χ2n) is 6.08. The summed E-state index contributed by atoms with van der Waals surface area (Å²) in [5.74, 6) is 0.404. The van der Waals surface area contributed by atoms with E-state index in [1.807, 2.05) is 6.07 Å². The highest BCUT2D eigenvalue weighted by Crippen LogP contribution is 2.21. The molecule has 3 rings (SSSR count). The minimum Gasteiger partial charge on any atom is -0.493 e. The molecule has 2 aromatic rings. The van der Waals surface area contributed by atoms with Crippen molar-refractivity contribution in [2.45, 2.75) is 18.6 Å². The average molecular weight is 372 g/mol. The summed E-state index contributed by atoms with van der Waals surface area (Å²) in [6.45, 7) is 4.17. The second-order valence-corrected chi connectivity index (χ2v) is 8.26. The third-order valence-corrected chi connectivity index (χ3v) is 5.58. The molecule has 1 aromatic heterocycles. The second kappa shape index (κ2) is 7.70. The highest BCUT2D eigenvalue weighted by atomic mass is 32.2. The molecule has 0 atom stereocenters. The Hall–Kier alpha value is -2.67. The number of amides is 1. The third-order valence-electron chi connectivity index (χ3n) is 4.04. The number of hydrogen-bond donors (Lipinski definition) is 1. The van der Waals surface area contributed by atoms with Crippen LogP contribution < -0.4 is 10.1 Å². The Labute approximate surface area is 152 Å². The number of pyridine rings is 1. The van der Waals surface area contributed by atoms with Crippen molar-refractivity contribution in [1.82, 2.24) is 4.98 Å². The Morgan fingerprint density at radius 2 is 2.19 bits per heavy atom. The standard InChI is InChI=1S/C19H20N2O4S/c1-2-3-8-25-17-6-4-5-16(11-17)21-19(22)15-10-14-7-9-26(23,24)13-18(14)20-12-15/h2,4-6,10-12H,1,3,7-9,13H2,(H,21,22). The number of benzene rings is 1. The number of sulfone groups is 1. The van der Waals surface area contributed by atoms with E-state index >= 15 is 0 Å². The number of rotatable bonds is 6. The number of ether oxygens (including phenoxy) is 1. The van der Waals surface area contributed by atoms with E-state index in [-0.39, 0.29) is 17.4 Å². The molecular formula is C19H20N2O4S. The van der Waals surface area contributed by atoms with Gasteiger partial charge in [-0.05, 0) is 36.6 Å². The lowest BCUT2D eigenvalue weighted by Gasteiger charge is -2.16. The van der Waals surface area contributed by atoms with Crippen molar-refractivity contribution in [3.63, 3.8) is 0 Å². The number of carbonyl (C=O) groups is 1. The first kappa shape index (κ1) is 18.1. The Balaban J connectivity index is 1.71. The fraction of sp³-hybridized carbons (Fsp3) is 0.263. The minimum absolute atomic E-state index is 0.0612. The van der Waals surface area contributed by atoms with Crippen LogP contribution in [-0.2, 0) is 22.0 Å². The average Bonchev–Trinajstić information content (AvgIpc) is 2.61. The lowest BCUT2D eigenvalue weighted by atomic mass is 10.1. The number of fused-ring (bicyclic) bond motifs is 1. The van der Waals surface area contributed by atoms with E-state index in [1.54, 1.807) is 30.3 Å². The molecule has 1 amide bonds. The molecule has 0 saturated carbocycles. The molecule has 136 valence electrons. The van der Waals surface area contributed by atoms with Crippen LogP contribution in [0.2, 0.25) is 0 Å². The van der Waals surface area contributed by atoms with Crippen LogP contribution in [0.15, 0.2) is 49.2 Å². The summed E-state index contributed by atoms with van der Waals surface area (Å²) in [6, 6.07) is 8.86. The molecule has 0 bridgehead atoms. The molecule has 1 aliphatic rings. The van der Waals surface area contributed by atoms with Crippen molar-refractivity contribution in [2.75, 3.05) is 17.7 Å². The van der Waals surface area contributed by atoms with Gasteiger partial charge in [-0.3, -0.25) is 9.78 Å². The van der Waals surface area contributed by atoms with Gasteiger partial charge in [-0.2, -0.15) is 0 Å². The van der Waals surface area contributed by atoms with Gasteiger partial charge in [0.1, 0.15) is 5.75 Å². The Bertz CT molecular complexity index is 938. The number of aryl methyl sites for hydroxylation is 1. The van der Waals surface area contributed by atoms with Gasteiger partial charge in [0.25, 0.3) is 5.91 Å². The first-order chi connectivity index (χ1) is 12.5. The van der Waals surface area contributed by atoms with Crippen LogP contribution in [0.1, 0.15) is 28.0 Å². The van der Waals surface area contributed by atoms with Crippen LogP contribution in [-0.4, -0.2) is 31.7 Å². The van der Waals surface area contributed by atoms with Gasteiger partial charge in [0.15, 0.2) is 9.84 Å². The molecule has 0 spiro atoms. The van der Waals surface area contributed by atoms with Gasteiger partial charge in [-0.25, -0.2) is 8.42 Å². The molecule has 1 N–H and O–H groups in total. The van der Waals surface area contributed by atoms with E-state index in [2.05, 4.69) is 16.9 Å². The molecule has 1 aliphatic heterocycles. The smallest absolute Gasteiger partial charge is 0.257 e. The predicted molar refractivity (Wildman–Crippen MR) is 100 cm³/mol. The maximum Gasteiger partial charge on any atom is 0.257 e. The van der Waals surface area contributed by atoms with Gasteiger partial charge in [0, 0.05) is 18.0 Å². The van der Waals surface area contributed by atoms with Gasteiger partial charge in [0.2, 0.25) is 0 Å². The van der Waals surface area contributed by atoms with E-state index < -0.39 is 9.84 Å². The molecule has 0 aliphatic carbocycles. The van der Waals surface area contributed by atoms with E-state index in [0.717, 1.165) is 12.0 Å². The lowest BCUT2D eigenvalue weighted by molar-refractivity contribution is 0.102. The summed E-state index contributed by atoms with van der Waals surface area (Å²) in [4.78, 5) is 16.6. The van der Waals surface area contributed by atoms with Gasteiger partial charge >= 0.3 is 0 Å². The monoisotopic (exact) mass is 372 g/mol. The number of aromatic nitrogens is 1. The summed E-state index contributed by atoms with van der Waals surface area (Å²) in [5, 5.41) is 2.81. The molecule has 7 heteroatoms. The van der Waals surface area contributed by atoms with Gasteiger partial charge < -0.3 is 10.1 Å². The molecular weight excluding hydrogens is 352 g/mol. The molecule has 0 fully saturated rings. The zero-order chi connectivity index (χ0) is 18.6. The fourth-order valence-corrected chi connectivity index (χ4v) is 4.03. The molecule has 1 aromatic carbocycles. The van der Waals surface area contributed by atoms with Crippen molar-refractivity contribution >= 4 is 21.4 Å². The molecule has 0 saturated heterocycles. The van der Waals surface area contributed by atoms with Crippen molar-refractivity contribution in [3.05, 3.63) is 66.0 Å².